The monoisotopic (exact) mass is 697 g/mol. The standard InChI is InChI=1S/C33H57N6O10/c1-19(2)11-23(37-27(42)13-21(5)40)30(45)48-18-49-31(46)24(12-20(3)4)38-28(43)14-26(41)35-17-25(34-10)29(44)36-22-15-32(6,7)39(47)33(8,9)16-22/h19-20,22-25,34H,11-18H2,1-10H3,(H,35,41)(H,36,44)(H,37,42)(H,38,43). The van der Waals surface area contributed by atoms with E-state index >= 15 is 0 Å². The molecule has 1 heterocycles. The molecule has 1 rings (SSSR count). The van der Waals surface area contributed by atoms with E-state index in [1.165, 1.54) is 6.92 Å². The van der Waals surface area contributed by atoms with Gasteiger partial charge in [-0.1, -0.05) is 27.7 Å². The fourth-order valence-corrected chi connectivity index (χ4v) is 5.85. The van der Waals surface area contributed by atoms with Gasteiger partial charge in [-0.2, -0.15) is 0 Å². The molecule has 3 atom stereocenters. The quantitative estimate of drug-likeness (QED) is 0.0716. The van der Waals surface area contributed by atoms with Crippen LogP contribution in [0.5, 0.6) is 0 Å². The number of carbonyl (C=O) groups excluding carboxylic acids is 7. The number of carbonyl (C=O) groups is 7. The molecule has 1 fully saturated rings. The van der Waals surface area contributed by atoms with Gasteiger partial charge in [-0.3, -0.25) is 24.0 Å². The van der Waals surface area contributed by atoms with Gasteiger partial charge in [0.2, 0.25) is 30.4 Å². The second-order valence-corrected chi connectivity index (χ2v) is 14.8. The number of esters is 2. The van der Waals surface area contributed by atoms with Crippen LogP contribution in [0.25, 0.3) is 0 Å². The van der Waals surface area contributed by atoms with Gasteiger partial charge in [-0.25, -0.2) is 9.59 Å². The van der Waals surface area contributed by atoms with Crippen LogP contribution in [0.4, 0.5) is 0 Å². The van der Waals surface area contributed by atoms with Gasteiger partial charge in [0.25, 0.3) is 0 Å². The molecule has 16 heteroatoms. The first-order chi connectivity index (χ1) is 22.6. The first kappa shape index (κ1) is 43.4. The third-order valence-corrected chi connectivity index (χ3v) is 7.89. The third-order valence-electron chi connectivity index (χ3n) is 7.89. The predicted molar refractivity (Wildman–Crippen MR) is 177 cm³/mol. The molecule has 0 aromatic carbocycles. The summed E-state index contributed by atoms with van der Waals surface area (Å²) in [6, 6.07) is -3.26. The number of ketones is 1. The van der Waals surface area contributed by atoms with Crippen LogP contribution in [0.2, 0.25) is 0 Å². The van der Waals surface area contributed by atoms with Gasteiger partial charge in [0.1, 0.15) is 30.3 Å². The maximum absolute atomic E-state index is 13.0. The maximum Gasteiger partial charge on any atom is 0.331 e. The molecule has 0 aromatic rings. The zero-order chi connectivity index (χ0) is 37.7. The largest absolute Gasteiger partial charge is 0.426 e. The zero-order valence-corrected chi connectivity index (χ0v) is 30.7. The summed E-state index contributed by atoms with van der Waals surface area (Å²) < 4.78 is 10.1. The van der Waals surface area contributed by atoms with Crippen molar-refractivity contribution >= 4 is 41.4 Å². The Morgan fingerprint density at radius 3 is 1.59 bits per heavy atom. The summed E-state index contributed by atoms with van der Waals surface area (Å²) in [6.45, 7) is 15.0. The van der Waals surface area contributed by atoms with E-state index in [2.05, 4.69) is 26.6 Å². The number of nitrogens with one attached hydrogen (secondary N) is 5. The van der Waals surface area contributed by atoms with Crippen molar-refractivity contribution in [2.24, 2.45) is 11.8 Å². The molecule has 1 aliphatic heterocycles. The van der Waals surface area contributed by atoms with E-state index in [0.29, 0.717) is 12.8 Å². The minimum atomic E-state index is -1.15. The van der Waals surface area contributed by atoms with Gasteiger partial charge in [0.05, 0.1) is 6.42 Å². The van der Waals surface area contributed by atoms with Crippen molar-refractivity contribution in [3.63, 3.8) is 0 Å². The van der Waals surface area contributed by atoms with Crippen molar-refractivity contribution in [1.82, 2.24) is 31.6 Å². The van der Waals surface area contributed by atoms with Crippen LogP contribution < -0.4 is 26.6 Å². The van der Waals surface area contributed by atoms with Crippen LogP contribution in [0, 0.1) is 11.8 Å². The molecule has 0 bridgehead atoms. The molecule has 5 N–H and O–H groups in total. The van der Waals surface area contributed by atoms with Crippen LogP contribution in [-0.2, 0) is 48.2 Å². The molecule has 1 radical (unpaired) electrons. The zero-order valence-electron chi connectivity index (χ0n) is 30.7. The Morgan fingerprint density at radius 2 is 1.18 bits per heavy atom. The number of likely N-dealkylation sites (N-methyl/N-ethyl adjacent to an activating group) is 1. The van der Waals surface area contributed by atoms with Gasteiger partial charge in [0, 0.05) is 23.7 Å². The minimum absolute atomic E-state index is 0.00372. The van der Waals surface area contributed by atoms with E-state index < -0.39 is 78.5 Å². The lowest BCUT2D eigenvalue weighted by Crippen LogP contribution is -2.63. The second kappa shape index (κ2) is 19.5. The van der Waals surface area contributed by atoms with E-state index in [1.807, 2.05) is 55.4 Å². The Bertz CT molecular complexity index is 1170. The van der Waals surface area contributed by atoms with Crippen LogP contribution in [0.3, 0.4) is 0 Å². The van der Waals surface area contributed by atoms with E-state index in [-0.39, 0.29) is 49.0 Å². The lowest BCUT2D eigenvalue weighted by molar-refractivity contribution is -0.290. The molecule has 3 unspecified atom stereocenters. The van der Waals surface area contributed by atoms with Gasteiger partial charge < -0.3 is 36.1 Å². The Morgan fingerprint density at radius 1 is 0.735 bits per heavy atom. The number of hydrogen-bond donors (Lipinski definition) is 5. The van der Waals surface area contributed by atoms with E-state index in [0.717, 1.165) is 5.06 Å². The molecule has 4 amide bonds. The lowest BCUT2D eigenvalue weighted by atomic mass is 9.79. The molecule has 1 saturated heterocycles. The summed E-state index contributed by atoms with van der Waals surface area (Å²) in [5.41, 5.74) is -1.35. The van der Waals surface area contributed by atoms with Crippen molar-refractivity contribution in [2.75, 3.05) is 20.4 Å². The normalized spacial score (nSPS) is 17.7. The van der Waals surface area contributed by atoms with E-state index in [1.54, 1.807) is 7.05 Å². The van der Waals surface area contributed by atoms with Crippen molar-refractivity contribution in [3.05, 3.63) is 0 Å². The van der Waals surface area contributed by atoms with E-state index in [9.17, 15) is 38.8 Å². The molecule has 0 aromatic heterocycles. The Hall–Kier alpha value is -3.63. The summed E-state index contributed by atoms with van der Waals surface area (Å²) in [5.74, 6) is -4.62. The topological polar surface area (TPSA) is 221 Å². The van der Waals surface area contributed by atoms with Gasteiger partial charge in [0.15, 0.2) is 0 Å². The van der Waals surface area contributed by atoms with Gasteiger partial charge >= 0.3 is 11.9 Å². The average Bonchev–Trinajstić information content (AvgIpc) is 2.94. The van der Waals surface area contributed by atoms with Crippen LogP contribution in [0.15, 0.2) is 0 Å². The highest BCUT2D eigenvalue weighted by Gasteiger charge is 2.46. The van der Waals surface area contributed by atoms with Crippen molar-refractivity contribution in [1.29, 1.82) is 0 Å². The highest BCUT2D eigenvalue weighted by molar-refractivity contribution is 5.99. The van der Waals surface area contributed by atoms with E-state index in [4.69, 9.17) is 9.47 Å². The summed E-state index contributed by atoms with van der Waals surface area (Å²) >= 11 is 0. The highest BCUT2D eigenvalue weighted by Crippen LogP contribution is 2.37. The lowest BCUT2D eigenvalue weighted by Gasteiger charge is -2.50. The third kappa shape index (κ3) is 15.6. The molecule has 0 spiro atoms. The number of piperidine rings is 1. The number of ether oxygens (including phenoxy) is 2. The molecule has 0 aliphatic carbocycles. The fourth-order valence-electron chi connectivity index (χ4n) is 5.85. The van der Waals surface area contributed by atoms with Crippen LogP contribution in [0.1, 0.15) is 101 Å². The summed E-state index contributed by atoms with van der Waals surface area (Å²) in [6.07, 6.45) is 0.279. The second-order valence-electron chi connectivity index (χ2n) is 14.8. The van der Waals surface area contributed by atoms with Crippen molar-refractivity contribution < 1.29 is 48.2 Å². The SMILES string of the molecule is CNC(CNC(=O)CC(=O)NC(CC(C)C)C(=O)OCOC(=O)C(CC(C)C)NC(=O)CC(C)=O)C(=O)NC1CC(C)(C)N([O])C(C)(C)C1. The van der Waals surface area contributed by atoms with Crippen molar-refractivity contribution in [3.8, 4) is 0 Å². The molecular formula is C33H57N6O10. The highest BCUT2D eigenvalue weighted by atomic mass is 16.7. The summed E-state index contributed by atoms with van der Waals surface area (Å²) in [7, 11) is 1.56. The van der Waals surface area contributed by atoms with Gasteiger partial charge in [-0.15, -0.1) is 10.3 Å². The smallest absolute Gasteiger partial charge is 0.331 e. The van der Waals surface area contributed by atoms with Crippen LogP contribution in [-0.4, -0.2) is 102 Å². The maximum atomic E-state index is 13.0. The number of amides is 4. The molecular weight excluding hydrogens is 640 g/mol. The molecule has 279 valence electrons. The number of nitrogens with zero attached hydrogens (tertiary/aromatic N) is 1. The summed E-state index contributed by atoms with van der Waals surface area (Å²) in [5, 5.41) is 27.0. The first-order valence-corrected chi connectivity index (χ1v) is 16.7. The number of Topliss-reactive ketones (excluding diaryl/α,β-unsaturated/α-hetero) is 1. The van der Waals surface area contributed by atoms with Gasteiger partial charge in [-0.05, 0) is 79.2 Å². The number of hydroxylamine groups is 2. The molecule has 49 heavy (non-hydrogen) atoms. The Labute approximate surface area is 289 Å². The molecule has 1 aliphatic rings. The molecule has 16 nitrogen and oxygen atoms in total. The summed E-state index contributed by atoms with van der Waals surface area (Å²) in [4.78, 5) is 87.0. The average molecular weight is 698 g/mol. The molecule has 0 saturated carbocycles. The number of rotatable bonds is 19. The van der Waals surface area contributed by atoms with Crippen molar-refractivity contribution in [2.45, 2.75) is 136 Å². The number of hydrogen-bond acceptors (Lipinski definition) is 11. The Balaban J connectivity index is 2.68. The minimum Gasteiger partial charge on any atom is -0.426 e. The predicted octanol–water partition coefficient (Wildman–Crippen LogP) is 0.649. The fraction of sp³-hybridized carbons (Fsp3) is 0.788. The first-order valence-electron chi connectivity index (χ1n) is 16.7. The van der Waals surface area contributed by atoms with Crippen LogP contribution >= 0.6 is 0 Å². The Kier molecular flexibility index (Phi) is 17.3.